The van der Waals surface area contributed by atoms with Crippen molar-refractivity contribution < 1.29 is 29.0 Å². The molecule has 0 saturated carbocycles. The third kappa shape index (κ3) is 8.36. The van der Waals surface area contributed by atoms with Gasteiger partial charge in [0.25, 0.3) is 0 Å². The van der Waals surface area contributed by atoms with Crippen LogP contribution in [0.5, 0.6) is 0 Å². The Morgan fingerprint density at radius 3 is 2.13 bits per heavy atom. The zero-order valence-electron chi connectivity index (χ0n) is 15.3. The van der Waals surface area contributed by atoms with Crippen molar-refractivity contribution in [2.24, 2.45) is 0 Å². The molecule has 8 nitrogen and oxygen atoms in total. The summed E-state index contributed by atoms with van der Waals surface area (Å²) in [5.74, 6) is -1.33. The average Bonchev–Trinajstić information content (AvgIpc) is 2.70. The number of alkyl halides is 3. The predicted octanol–water partition coefficient (Wildman–Crippen LogP) is 4.66. The van der Waals surface area contributed by atoms with Crippen molar-refractivity contribution in [2.75, 3.05) is 11.9 Å². The zero-order valence-corrected chi connectivity index (χ0v) is 17.6. The van der Waals surface area contributed by atoms with E-state index in [1.54, 1.807) is 0 Å². The van der Waals surface area contributed by atoms with Crippen molar-refractivity contribution in [3.8, 4) is 0 Å². The smallest absolute Gasteiger partial charge is 0.411 e. The number of benzene rings is 2. The number of rotatable bonds is 7. The third-order valence-electron chi connectivity index (χ3n) is 3.58. The van der Waals surface area contributed by atoms with Crippen LogP contribution in [0.15, 0.2) is 54.6 Å². The topological polar surface area (TPSA) is 114 Å². The second kappa shape index (κ2) is 10.9. The Morgan fingerprint density at radius 1 is 0.933 bits per heavy atom. The molecule has 2 rings (SSSR count). The van der Waals surface area contributed by atoms with E-state index >= 15 is 0 Å². The SMILES string of the molecule is O=C(Nc1ccc(C(NC(=O)OCC(Cl)(Cl)Cl)C(=O)O)cc1)OCc1ccccc1. The van der Waals surface area contributed by atoms with Gasteiger partial charge in [0.2, 0.25) is 3.79 Å². The molecule has 0 radical (unpaired) electrons. The van der Waals surface area contributed by atoms with Crippen molar-refractivity contribution in [3.05, 3.63) is 65.7 Å². The zero-order chi connectivity index (χ0) is 22.1. The number of ether oxygens (including phenoxy) is 2. The Kier molecular flexibility index (Phi) is 8.58. The first-order valence-electron chi connectivity index (χ1n) is 8.44. The van der Waals surface area contributed by atoms with Gasteiger partial charge < -0.3 is 19.9 Å². The Labute approximate surface area is 187 Å². The van der Waals surface area contributed by atoms with Crippen LogP contribution < -0.4 is 10.6 Å². The molecule has 2 amide bonds. The number of amides is 2. The molecule has 30 heavy (non-hydrogen) atoms. The standard InChI is InChI=1S/C19H17Cl3N2O6/c20-19(21,22)11-30-18(28)24-15(16(25)26)13-6-8-14(9-7-13)23-17(27)29-10-12-4-2-1-3-5-12/h1-9,15H,10-11H2,(H,23,27)(H,24,28)(H,25,26). The monoisotopic (exact) mass is 474 g/mol. The van der Waals surface area contributed by atoms with Gasteiger partial charge in [0.15, 0.2) is 6.04 Å². The summed E-state index contributed by atoms with van der Waals surface area (Å²) in [6, 6.07) is 13.5. The fourth-order valence-electron chi connectivity index (χ4n) is 2.23. The lowest BCUT2D eigenvalue weighted by molar-refractivity contribution is -0.139. The van der Waals surface area contributed by atoms with E-state index in [1.807, 2.05) is 30.3 Å². The molecule has 0 aromatic heterocycles. The quantitative estimate of drug-likeness (QED) is 0.502. The Hall–Kier alpha value is -2.68. The van der Waals surface area contributed by atoms with Crippen molar-refractivity contribution in [3.63, 3.8) is 0 Å². The minimum Gasteiger partial charge on any atom is -0.479 e. The van der Waals surface area contributed by atoms with Crippen LogP contribution in [0, 0.1) is 0 Å². The lowest BCUT2D eigenvalue weighted by atomic mass is 10.1. The van der Waals surface area contributed by atoms with Crippen LogP contribution in [-0.4, -0.2) is 33.7 Å². The molecule has 0 saturated heterocycles. The summed E-state index contributed by atoms with van der Waals surface area (Å²) in [6.07, 6.45) is -1.74. The van der Waals surface area contributed by atoms with Crippen LogP contribution in [0.25, 0.3) is 0 Å². The third-order valence-corrected chi connectivity index (χ3v) is 3.91. The van der Waals surface area contributed by atoms with Gasteiger partial charge in [0.05, 0.1) is 0 Å². The molecule has 1 atom stereocenters. The molecule has 1 unspecified atom stereocenters. The molecule has 0 heterocycles. The number of hydrogen-bond donors (Lipinski definition) is 3. The van der Waals surface area contributed by atoms with E-state index in [-0.39, 0.29) is 12.2 Å². The van der Waals surface area contributed by atoms with Crippen LogP contribution in [0.3, 0.4) is 0 Å². The molecule has 11 heteroatoms. The van der Waals surface area contributed by atoms with E-state index < -0.39 is 34.6 Å². The number of anilines is 1. The van der Waals surface area contributed by atoms with E-state index in [0.717, 1.165) is 5.56 Å². The highest BCUT2D eigenvalue weighted by Gasteiger charge is 2.26. The molecule has 2 aromatic carbocycles. The average molecular weight is 476 g/mol. The minimum absolute atomic E-state index is 0.103. The van der Waals surface area contributed by atoms with Crippen LogP contribution >= 0.6 is 34.8 Å². The number of carboxylic acids is 1. The van der Waals surface area contributed by atoms with Crippen molar-refractivity contribution in [1.29, 1.82) is 0 Å². The molecule has 0 aliphatic heterocycles. The number of nitrogens with one attached hydrogen (secondary N) is 2. The molecule has 3 N–H and O–H groups in total. The summed E-state index contributed by atoms with van der Waals surface area (Å²) in [5, 5.41) is 14.0. The molecular formula is C19H17Cl3N2O6. The number of halogens is 3. The second-order valence-corrected chi connectivity index (χ2v) is 8.43. The summed E-state index contributed by atoms with van der Waals surface area (Å²) in [6.45, 7) is -0.449. The molecule has 0 aliphatic rings. The molecule has 160 valence electrons. The van der Waals surface area contributed by atoms with Gasteiger partial charge in [-0.15, -0.1) is 0 Å². The molecule has 0 aliphatic carbocycles. The van der Waals surface area contributed by atoms with Gasteiger partial charge >= 0.3 is 18.2 Å². The maximum atomic E-state index is 11.9. The maximum Gasteiger partial charge on any atom is 0.411 e. The van der Waals surface area contributed by atoms with Crippen molar-refractivity contribution >= 4 is 58.6 Å². The molecule has 0 spiro atoms. The second-order valence-electron chi connectivity index (χ2n) is 5.92. The summed E-state index contributed by atoms with van der Waals surface area (Å²) >= 11 is 16.4. The van der Waals surface area contributed by atoms with Gasteiger partial charge in [-0.25, -0.2) is 14.4 Å². The van der Waals surface area contributed by atoms with Crippen LogP contribution in [0.2, 0.25) is 0 Å². The molecule has 0 bridgehead atoms. The van der Waals surface area contributed by atoms with Gasteiger partial charge in [-0.05, 0) is 23.3 Å². The number of carbonyl (C=O) groups excluding carboxylic acids is 2. The fourth-order valence-corrected chi connectivity index (χ4v) is 2.39. The maximum absolute atomic E-state index is 11.9. The molecular weight excluding hydrogens is 459 g/mol. The van der Waals surface area contributed by atoms with E-state index in [4.69, 9.17) is 39.5 Å². The summed E-state index contributed by atoms with van der Waals surface area (Å²) in [7, 11) is 0. The normalized spacial score (nSPS) is 11.8. The summed E-state index contributed by atoms with van der Waals surface area (Å²) in [4.78, 5) is 35.1. The van der Waals surface area contributed by atoms with Crippen LogP contribution in [0.4, 0.5) is 15.3 Å². The first-order valence-corrected chi connectivity index (χ1v) is 9.58. The highest BCUT2D eigenvalue weighted by molar-refractivity contribution is 6.67. The highest BCUT2D eigenvalue weighted by atomic mass is 35.6. The number of carbonyl (C=O) groups is 3. The highest BCUT2D eigenvalue weighted by Crippen LogP contribution is 2.26. The summed E-state index contributed by atoms with van der Waals surface area (Å²) in [5.41, 5.74) is 1.44. The summed E-state index contributed by atoms with van der Waals surface area (Å²) < 4.78 is 7.95. The van der Waals surface area contributed by atoms with E-state index in [2.05, 4.69) is 15.4 Å². The number of carboxylic acid groups (broad SMARTS) is 1. The lowest BCUT2D eigenvalue weighted by Gasteiger charge is -2.17. The largest absolute Gasteiger partial charge is 0.479 e. The van der Waals surface area contributed by atoms with E-state index in [1.165, 1.54) is 24.3 Å². The number of alkyl carbamates (subject to hydrolysis) is 1. The first-order chi connectivity index (χ1) is 14.1. The van der Waals surface area contributed by atoms with Gasteiger partial charge in [0.1, 0.15) is 13.2 Å². The Morgan fingerprint density at radius 2 is 1.57 bits per heavy atom. The van der Waals surface area contributed by atoms with E-state index in [0.29, 0.717) is 5.69 Å². The van der Waals surface area contributed by atoms with Crippen molar-refractivity contribution in [2.45, 2.75) is 16.4 Å². The Balaban J connectivity index is 1.92. The van der Waals surface area contributed by atoms with Gasteiger partial charge in [0, 0.05) is 5.69 Å². The van der Waals surface area contributed by atoms with Gasteiger partial charge in [-0.2, -0.15) is 0 Å². The predicted molar refractivity (Wildman–Crippen MR) is 112 cm³/mol. The van der Waals surface area contributed by atoms with Gasteiger partial charge in [-0.3, -0.25) is 5.32 Å². The van der Waals surface area contributed by atoms with E-state index in [9.17, 15) is 19.5 Å². The molecule has 2 aromatic rings. The van der Waals surface area contributed by atoms with Crippen molar-refractivity contribution in [1.82, 2.24) is 5.32 Å². The first kappa shape index (κ1) is 23.6. The van der Waals surface area contributed by atoms with Gasteiger partial charge in [-0.1, -0.05) is 77.3 Å². The minimum atomic E-state index is -1.82. The fraction of sp³-hybridized carbons (Fsp3) is 0.211. The number of hydrogen-bond acceptors (Lipinski definition) is 5. The Bertz CT molecular complexity index is 872. The number of aliphatic carboxylic acids is 1. The lowest BCUT2D eigenvalue weighted by Crippen LogP contribution is -2.35. The van der Waals surface area contributed by atoms with Crippen LogP contribution in [-0.2, 0) is 20.9 Å². The molecule has 0 fully saturated rings. The van der Waals surface area contributed by atoms with Crippen LogP contribution in [0.1, 0.15) is 17.2 Å².